The molecule has 7 heteroatoms. The van der Waals surface area contributed by atoms with Gasteiger partial charge >= 0.3 is 6.09 Å². The molecule has 2 heterocycles. The Morgan fingerprint density at radius 2 is 2.10 bits per heavy atom. The van der Waals surface area contributed by atoms with Crippen molar-refractivity contribution in [2.24, 2.45) is 13.0 Å². The van der Waals surface area contributed by atoms with Gasteiger partial charge in [0.15, 0.2) is 5.82 Å². The van der Waals surface area contributed by atoms with Crippen LogP contribution in [-0.4, -0.2) is 40.4 Å². The molecule has 1 aromatic heterocycles. The molecule has 0 atom stereocenters. The fourth-order valence-electron chi connectivity index (χ4n) is 4.38. The summed E-state index contributed by atoms with van der Waals surface area (Å²) < 4.78 is 7.61. The fraction of sp³-hybridized carbons (Fsp3) is 0.565. The van der Waals surface area contributed by atoms with Crippen LogP contribution in [-0.2, 0) is 13.5 Å². The van der Waals surface area contributed by atoms with E-state index in [9.17, 15) is 4.79 Å². The third-order valence-corrected chi connectivity index (χ3v) is 6.20. The molecule has 1 fully saturated rings. The summed E-state index contributed by atoms with van der Waals surface area (Å²) in [7, 11) is 1.84. The molecule has 0 unspecified atom stereocenters. The lowest BCUT2D eigenvalue weighted by molar-refractivity contribution is 0.145. The molecule has 0 radical (unpaired) electrons. The Balaban J connectivity index is 1.63. The van der Waals surface area contributed by atoms with Gasteiger partial charge in [0.05, 0.1) is 16.3 Å². The summed E-state index contributed by atoms with van der Waals surface area (Å²) in [6, 6.07) is 4.13. The van der Waals surface area contributed by atoms with Gasteiger partial charge < -0.3 is 14.5 Å². The number of rotatable bonds is 6. The minimum Gasteiger partial charge on any atom is -0.391 e. The maximum atomic E-state index is 12.9. The van der Waals surface area contributed by atoms with E-state index in [1.54, 1.807) is 4.68 Å². The van der Waals surface area contributed by atoms with Crippen LogP contribution < -0.4 is 9.64 Å². The molecule has 0 spiro atoms. The Morgan fingerprint density at radius 3 is 2.77 bits per heavy atom. The molecular formula is C23H31ClN4O2. The largest absolute Gasteiger partial charge is 0.416 e. The number of carbonyl (C=O) groups is 1. The minimum absolute atomic E-state index is 0.267. The first-order valence-electron chi connectivity index (χ1n) is 11.0. The maximum Gasteiger partial charge on any atom is 0.416 e. The van der Waals surface area contributed by atoms with Gasteiger partial charge in [0.2, 0.25) is 5.88 Å². The number of nitrogens with zero attached hydrogens (tertiary/aromatic N) is 4. The zero-order chi connectivity index (χ0) is 21.4. The lowest BCUT2D eigenvalue weighted by Gasteiger charge is -2.30. The highest BCUT2D eigenvalue weighted by Crippen LogP contribution is 2.42. The monoisotopic (exact) mass is 430 g/mol. The number of amides is 1. The molecule has 0 bridgehead atoms. The summed E-state index contributed by atoms with van der Waals surface area (Å²) in [5, 5.41) is 5.46. The molecule has 162 valence electrons. The lowest BCUT2D eigenvalue weighted by atomic mass is 10.0. The Morgan fingerprint density at radius 1 is 1.33 bits per heavy atom. The van der Waals surface area contributed by atoms with Crippen molar-refractivity contribution in [2.75, 3.05) is 24.5 Å². The maximum absolute atomic E-state index is 12.9. The third-order valence-electron chi connectivity index (χ3n) is 5.91. The first-order valence-corrected chi connectivity index (χ1v) is 11.3. The van der Waals surface area contributed by atoms with E-state index in [2.05, 4.69) is 24.8 Å². The van der Waals surface area contributed by atoms with Crippen LogP contribution in [0.25, 0.3) is 0 Å². The first kappa shape index (κ1) is 21.0. The van der Waals surface area contributed by atoms with E-state index in [0.29, 0.717) is 11.8 Å². The van der Waals surface area contributed by atoms with Gasteiger partial charge in [-0.3, -0.25) is 0 Å². The summed E-state index contributed by atoms with van der Waals surface area (Å²) in [6.45, 7) is 8.56. The van der Waals surface area contributed by atoms with Gasteiger partial charge in [-0.2, -0.15) is 5.10 Å². The van der Waals surface area contributed by atoms with Crippen LogP contribution in [0, 0.1) is 19.8 Å². The predicted octanol–water partition coefficient (Wildman–Crippen LogP) is 5.40. The number of fused-ring (bicyclic) bond motifs is 1. The van der Waals surface area contributed by atoms with Crippen molar-refractivity contribution in [3.63, 3.8) is 0 Å². The fourth-order valence-corrected chi connectivity index (χ4v) is 4.80. The van der Waals surface area contributed by atoms with E-state index < -0.39 is 0 Å². The molecule has 1 amide bonds. The van der Waals surface area contributed by atoms with Crippen LogP contribution in [0.4, 0.5) is 16.3 Å². The second-order valence-corrected chi connectivity index (χ2v) is 9.06. The molecule has 1 saturated carbocycles. The Bertz CT molecular complexity index is 928. The van der Waals surface area contributed by atoms with Crippen LogP contribution in [0.1, 0.15) is 49.3 Å². The molecule has 30 heavy (non-hydrogen) atoms. The van der Waals surface area contributed by atoms with E-state index in [1.165, 1.54) is 12.8 Å². The number of ether oxygens (including phenoxy) is 1. The molecule has 2 aromatic rings. The molecular weight excluding hydrogens is 400 g/mol. The van der Waals surface area contributed by atoms with Crippen LogP contribution in [0.5, 0.6) is 5.88 Å². The van der Waals surface area contributed by atoms with Crippen molar-refractivity contribution >= 4 is 29.2 Å². The van der Waals surface area contributed by atoms with Crippen molar-refractivity contribution in [1.82, 2.24) is 14.7 Å². The van der Waals surface area contributed by atoms with Crippen LogP contribution in [0.3, 0.4) is 0 Å². The number of aryl methyl sites for hydroxylation is 3. The van der Waals surface area contributed by atoms with E-state index in [-0.39, 0.29) is 6.09 Å². The molecule has 0 saturated heterocycles. The molecule has 1 aliphatic heterocycles. The van der Waals surface area contributed by atoms with Crippen molar-refractivity contribution in [3.05, 3.63) is 33.8 Å². The van der Waals surface area contributed by atoms with Crippen LogP contribution in [0.15, 0.2) is 12.1 Å². The molecule has 2 aliphatic rings. The number of halogens is 1. The first-order chi connectivity index (χ1) is 14.4. The smallest absolute Gasteiger partial charge is 0.391 e. The van der Waals surface area contributed by atoms with Crippen molar-refractivity contribution in [3.8, 4) is 5.88 Å². The second-order valence-electron chi connectivity index (χ2n) is 8.66. The highest BCUT2D eigenvalue weighted by Gasteiger charge is 2.32. The van der Waals surface area contributed by atoms with Gasteiger partial charge in [-0.1, -0.05) is 24.6 Å². The lowest BCUT2D eigenvalue weighted by Crippen LogP contribution is -2.36. The van der Waals surface area contributed by atoms with E-state index >= 15 is 0 Å². The van der Waals surface area contributed by atoms with Crippen LogP contribution >= 0.6 is 11.6 Å². The highest BCUT2D eigenvalue weighted by atomic mass is 35.5. The number of carbonyl (C=O) groups excluding carboxylic acids is 1. The zero-order valence-electron chi connectivity index (χ0n) is 18.4. The SMILES string of the molecule is CCCN(CC1CC1)C(=O)Oc1c2c(nn1C)N(c1c(C)cc(C)cc1Cl)CCC2. The van der Waals surface area contributed by atoms with Crippen molar-refractivity contribution < 1.29 is 9.53 Å². The number of hydrogen-bond donors (Lipinski definition) is 0. The van der Waals surface area contributed by atoms with Gasteiger partial charge in [-0.15, -0.1) is 0 Å². The molecule has 1 aromatic carbocycles. The highest BCUT2D eigenvalue weighted by molar-refractivity contribution is 6.33. The summed E-state index contributed by atoms with van der Waals surface area (Å²) >= 11 is 6.63. The van der Waals surface area contributed by atoms with Crippen LogP contribution in [0.2, 0.25) is 5.02 Å². The number of hydrogen-bond acceptors (Lipinski definition) is 4. The number of aromatic nitrogens is 2. The Hall–Kier alpha value is -2.21. The van der Waals surface area contributed by atoms with Crippen molar-refractivity contribution in [2.45, 2.75) is 52.9 Å². The average molecular weight is 431 g/mol. The number of anilines is 2. The average Bonchev–Trinajstić information content (AvgIpc) is 3.44. The van der Waals surface area contributed by atoms with E-state index in [0.717, 1.165) is 72.1 Å². The van der Waals surface area contributed by atoms with Gasteiger partial charge in [-0.25, -0.2) is 9.48 Å². The summed E-state index contributed by atoms with van der Waals surface area (Å²) in [5.74, 6) is 2.02. The van der Waals surface area contributed by atoms with Gasteiger partial charge in [-0.05, 0) is 69.1 Å². The van der Waals surface area contributed by atoms with E-state index in [4.69, 9.17) is 21.4 Å². The normalized spacial score (nSPS) is 15.8. The third kappa shape index (κ3) is 4.15. The zero-order valence-corrected chi connectivity index (χ0v) is 19.1. The summed E-state index contributed by atoms with van der Waals surface area (Å²) in [6.07, 6.45) is 4.86. The van der Waals surface area contributed by atoms with Gasteiger partial charge in [0.1, 0.15) is 0 Å². The molecule has 0 N–H and O–H groups in total. The molecule has 6 nitrogen and oxygen atoms in total. The minimum atomic E-state index is -0.267. The molecule has 1 aliphatic carbocycles. The van der Waals surface area contributed by atoms with Gasteiger partial charge in [0, 0.05) is 26.7 Å². The Kier molecular flexibility index (Phi) is 5.96. The number of benzene rings is 1. The second kappa shape index (κ2) is 8.50. The van der Waals surface area contributed by atoms with E-state index in [1.807, 2.05) is 24.9 Å². The standard InChI is InChI=1S/C23H31ClN4O2/c1-5-10-27(14-17-8-9-17)23(29)30-22-18-7-6-11-28(21(18)25-26(22)4)20-16(3)12-15(2)13-19(20)24/h12-13,17H,5-11,14H2,1-4H3. The quantitative estimate of drug-likeness (QED) is 0.616. The summed E-state index contributed by atoms with van der Waals surface area (Å²) in [4.78, 5) is 16.9. The summed E-state index contributed by atoms with van der Waals surface area (Å²) in [5.41, 5.74) is 4.23. The van der Waals surface area contributed by atoms with Crippen molar-refractivity contribution in [1.29, 1.82) is 0 Å². The Labute approximate surface area is 183 Å². The predicted molar refractivity (Wildman–Crippen MR) is 120 cm³/mol. The van der Waals surface area contributed by atoms with Gasteiger partial charge in [0.25, 0.3) is 0 Å². The topological polar surface area (TPSA) is 50.6 Å². The molecule has 4 rings (SSSR count).